The van der Waals surface area contributed by atoms with Gasteiger partial charge in [-0.15, -0.1) is 0 Å². The van der Waals surface area contributed by atoms with E-state index in [2.05, 4.69) is 15.5 Å². The Hall–Kier alpha value is -4.87. The van der Waals surface area contributed by atoms with Crippen molar-refractivity contribution < 1.29 is 64.8 Å². The minimum absolute atomic E-state index is 0.190. The summed E-state index contributed by atoms with van der Waals surface area (Å²) in [5, 5.41) is 24.3. The number of nitrogens with zero attached hydrogens (tertiary/aromatic N) is 2. The van der Waals surface area contributed by atoms with E-state index < -0.39 is 30.2 Å². The van der Waals surface area contributed by atoms with E-state index in [1.807, 2.05) is 44.1 Å². The molecule has 252 valence electrons. The van der Waals surface area contributed by atoms with E-state index in [1.54, 1.807) is 12.3 Å². The van der Waals surface area contributed by atoms with E-state index >= 15 is 0 Å². The van der Waals surface area contributed by atoms with Crippen molar-refractivity contribution in [3.8, 4) is 22.6 Å². The molecule has 1 aliphatic rings. The molecule has 2 aromatic carbocycles. The average molecular weight is 667 g/mol. The fourth-order valence-corrected chi connectivity index (χ4v) is 3.66. The lowest BCUT2D eigenvalue weighted by Gasteiger charge is -2.25. The molecular formula is C28H29F7N4O7. The maximum atomic E-state index is 13.6. The monoisotopic (exact) mass is 666 g/mol. The van der Waals surface area contributed by atoms with Crippen LogP contribution in [0.25, 0.3) is 11.1 Å². The number of aryl methyl sites for hydroxylation is 1. The van der Waals surface area contributed by atoms with Gasteiger partial charge in [0.2, 0.25) is 5.91 Å². The summed E-state index contributed by atoms with van der Waals surface area (Å²) in [5.74, 6) is -5.25. The Labute approximate surface area is 256 Å². The highest BCUT2D eigenvalue weighted by Gasteiger charge is 2.39. The second kappa shape index (κ2) is 15.9. The number of carboxylic acid groups (broad SMARTS) is 2. The van der Waals surface area contributed by atoms with Crippen molar-refractivity contribution in [1.29, 1.82) is 0 Å². The van der Waals surface area contributed by atoms with Crippen molar-refractivity contribution in [3.63, 3.8) is 0 Å². The first-order chi connectivity index (χ1) is 21.3. The van der Waals surface area contributed by atoms with Crippen LogP contribution in [0.5, 0.6) is 11.5 Å². The lowest BCUT2D eigenvalue weighted by atomic mass is 9.95. The third kappa shape index (κ3) is 11.6. The zero-order valence-corrected chi connectivity index (χ0v) is 24.4. The predicted molar refractivity (Wildman–Crippen MR) is 148 cm³/mol. The number of halogens is 7. The number of amides is 1. The van der Waals surface area contributed by atoms with Crippen molar-refractivity contribution in [2.24, 2.45) is 5.92 Å². The molecule has 0 radical (unpaired) electrons. The molecule has 4 N–H and O–H groups in total. The number of ether oxygens (including phenoxy) is 2. The first-order valence-corrected chi connectivity index (χ1v) is 13.0. The number of carbonyl (C=O) groups is 3. The van der Waals surface area contributed by atoms with Crippen LogP contribution in [-0.4, -0.2) is 89.4 Å². The number of hydrogen-bond acceptors (Lipinski definition) is 7. The molecule has 1 amide bonds. The SMILES string of the molecule is Cc1[nH]ncc1-c1ccc(NC(=O)C2COc3ccc(F)cc3C2)c(OCCN(C)C)c1.O=C(O)C(F)(F)F.O=C(O)C(F)(F)F. The van der Waals surface area contributed by atoms with Crippen molar-refractivity contribution >= 4 is 23.5 Å². The standard InChI is InChI=1S/C24H27FN4O3.2C2HF3O2/c1-15-20(13-26-28-15)16-4-6-21(23(12-16)31-9-8-29(2)3)27-24(30)18-10-17-11-19(25)5-7-22(17)32-14-18;2*3-2(4,5)1(6)7/h4-7,11-13,18H,8-10,14H2,1-3H3,(H,26,28)(H,27,30);2*(H,6,7). The van der Waals surface area contributed by atoms with Gasteiger partial charge in [-0.1, -0.05) is 6.07 Å². The third-order valence-corrected chi connectivity index (χ3v) is 5.96. The molecule has 1 atom stereocenters. The molecule has 1 aromatic heterocycles. The number of rotatable bonds is 7. The van der Waals surface area contributed by atoms with E-state index in [4.69, 9.17) is 29.3 Å². The highest BCUT2D eigenvalue weighted by atomic mass is 19.4. The van der Waals surface area contributed by atoms with Gasteiger partial charge in [0.05, 0.1) is 17.8 Å². The minimum atomic E-state index is -5.08. The summed E-state index contributed by atoms with van der Waals surface area (Å²) in [6.45, 7) is 3.41. The van der Waals surface area contributed by atoms with Gasteiger partial charge < -0.3 is 29.9 Å². The topological polar surface area (TPSA) is 154 Å². The summed E-state index contributed by atoms with van der Waals surface area (Å²) in [6, 6.07) is 10.1. The number of hydrogen-bond donors (Lipinski definition) is 4. The van der Waals surface area contributed by atoms with E-state index in [0.717, 1.165) is 23.4 Å². The number of aromatic nitrogens is 2. The molecule has 0 saturated heterocycles. The molecule has 1 unspecified atom stereocenters. The molecule has 18 heteroatoms. The Bertz CT molecular complexity index is 1480. The molecule has 11 nitrogen and oxygen atoms in total. The Morgan fingerprint density at radius 2 is 1.65 bits per heavy atom. The number of carbonyl (C=O) groups excluding carboxylic acids is 1. The number of nitrogens with one attached hydrogen (secondary N) is 2. The lowest BCUT2D eigenvalue weighted by molar-refractivity contribution is -0.193. The van der Waals surface area contributed by atoms with E-state index in [-0.39, 0.29) is 18.3 Å². The number of carboxylic acids is 2. The number of benzene rings is 2. The maximum absolute atomic E-state index is 13.6. The number of likely N-dealkylation sites (N-methyl/N-ethyl adjacent to an activating group) is 1. The van der Waals surface area contributed by atoms with Crippen molar-refractivity contribution in [1.82, 2.24) is 15.1 Å². The van der Waals surface area contributed by atoms with Crippen LogP contribution in [0, 0.1) is 18.7 Å². The van der Waals surface area contributed by atoms with E-state index in [1.165, 1.54) is 12.1 Å². The summed E-state index contributed by atoms with van der Waals surface area (Å²) in [7, 11) is 3.95. The highest BCUT2D eigenvalue weighted by molar-refractivity contribution is 5.95. The molecule has 0 fully saturated rings. The van der Waals surface area contributed by atoms with Crippen LogP contribution in [0.3, 0.4) is 0 Å². The van der Waals surface area contributed by atoms with Gasteiger partial charge in [0, 0.05) is 17.8 Å². The number of fused-ring (bicyclic) bond motifs is 1. The summed E-state index contributed by atoms with van der Waals surface area (Å²) < 4.78 is 88.8. The Kier molecular flexibility index (Phi) is 12.9. The van der Waals surface area contributed by atoms with Gasteiger partial charge in [0.25, 0.3) is 0 Å². The van der Waals surface area contributed by atoms with Crippen LogP contribution >= 0.6 is 0 Å². The van der Waals surface area contributed by atoms with Gasteiger partial charge in [0.15, 0.2) is 0 Å². The van der Waals surface area contributed by atoms with Crippen LogP contribution in [0.4, 0.5) is 36.4 Å². The lowest BCUT2D eigenvalue weighted by Crippen LogP contribution is -2.32. The molecule has 1 aliphatic heterocycles. The second-order valence-corrected chi connectivity index (χ2v) is 9.83. The van der Waals surface area contributed by atoms with Gasteiger partial charge >= 0.3 is 24.3 Å². The maximum Gasteiger partial charge on any atom is 0.490 e. The van der Waals surface area contributed by atoms with Crippen LogP contribution in [0.2, 0.25) is 0 Å². The van der Waals surface area contributed by atoms with Crippen LogP contribution in [0.15, 0.2) is 42.6 Å². The smallest absolute Gasteiger partial charge is 0.490 e. The largest absolute Gasteiger partial charge is 0.492 e. The van der Waals surface area contributed by atoms with Gasteiger partial charge in [-0.3, -0.25) is 9.89 Å². The Morgan fingerprint density at radius 1 is 1.04 bits per heavy atom. The van der Waals surface area contributed by atoms with Crippen molar-refractivity contribution in [2.45, 2.75) is 25.7 Å². The van der Waals surface area contributed by atoms with Gasteiger partial charge in [-0.05, 0) is 68.9 Å². The van der Waals surface area contributed by atoms with E-state index in [0.29, 0.717) is 35.8 Å². The molecule has 0 saturated carbocycles. The van der Waals surface area contributed by atoms with Crippen molar-refractivity contribution in [3.05, 3.63) is 59.7 Å². The zero-order chi connectivity index (χ0) is 34.8. The number of aromatic amines is 1. The number of H-pyrrole nitrogens is 1. The minimum Gasteiger partial charge on any atom is -0.492 e. The molecule has 0 spiro atoms. The molecule has 46 heavy (non-hydrogen) atoms. The molecule has 3 aromatic rings. The summed E-state index contributed by atoms with van der Waals surface area (Å²) in [6.07, 6.45) is -7.98. The number of alkyl halides is 6. The summed E-state index contributed by atoms with van der Waals surface area (Å²) >= 11 is 0. The Morgan fingerprint density at radius 3 is 2.17 bits per heavy atom. The molecule has 0 bridgehead atoms. The first kappa shape index (κ1) is 37.3. The number of aliphatic carboxylic acids is 2. The normalized spacial score (nSPS) is 14.0. The molecule has 2 heterocycles. The van der Waals surface area contributed by atoms with Crippen LogP contribution < -0.4 is 14.8 Å². The van der Waals surface area contributed by atoms with Gasteiger partial charge in [-0.2, -0.15) is 31.4 Å². The fourth-order valence-electron chi connectivity index (χ4n) is 3.66. The highest BCUT2D eigenvalue weighted by Crippen LogP contribution is 2.33. The Balaban J connectivity index is 0.000000440. The molecule has 4 rings (SSSR count). The van der Waals surface area contributed by atoms with Crippen molar-refractivity contribution in [2.75, 3.05) is 39.2 Å². The quantitative estimate of drug-likeness (QED) is 0.257. The predicted octanol–water partition coefficient (Wildman–Crippen LogP) is 4.92. The molecular weight excluding hydrogens is 637 g/mol. The first-order valence-electron chi connectivity index (χ1n) is 13.0. The second-order valence-electron chi connectivity index (χ2n) is 9.83. The van der Waals surface area contributed by atoms with Crippen LogP contribution in [-0.2, 0) is 20.8 Å². The van der Waals surface area contributed by atoms with Crippen LogP contribution in [0.1, 0.15) is 11.3 Å². The van der Waals surface area contributed by atoms with E-state index in [9.17, 15) is 35.5 Å². The third-order valence-electron chi connectivity index (χ3n) is 5.96. The fraction of sp³-hybridized carbons (Fsp3) is 0.357. The average Bonchev–Trinajstić information content (AvgIpc) is 3.38. The van der Waals surface area contributed by atoms with Gasteiger partial charge in [0.1, 0.15) is 30.5 Å². The summed E-state index contributed by atoms with van der Waals surface area (Å²) in [5.41, 5.74) is 4.15. The summed E-state index contributed by atoms with van der Waals surface area (Å²) in [4.78, 5) is 32.8. The van der Waals surface area contributed by atoms with Gasteiger partial charge in [-0.25, -0.2) is 14.0 Å². The zero-order valence-electron chi connectivity index (χ0n) is 24.4. The molecule has 0 aliphatic carbocycles. The number of anilines is 1.